The van der Waals surface area contributed by atoms with E-state index in [1.807, 2.05) is 0 Å². The molecule has 1 atom stereocenters. The van der Waals surface area contributed by atoms with Crippen molar-refractivity contribution in [3.05, 3.63) is 29.3 Å². The monoisotopic (exact) mass is 270 g/mol. The predicted octanol–water partition coefficient (Wildman–Crippen LogP) is 4.15. The SMILES string of the molecule is CCc1cc(OC)ccc1C(C)CCBr. The number of methoxy groups -OCH3 is 1. The quantitative estimate of drug-likeness (QED) is 0.731. The van der Waals surface area contributed by atoms with E-state index < -0.39 is 0 Å². The van der Waals surface area contributed by atoms with Gasteiger partial charge in [-0.1, -0.05) is 35.8 Å². The van der Waals surface area contributed by atoms with Crippen LogP contribution in [0.4, 0.5) is 0 Å². The minimum Gasteiger partial charge on any atom is -0.497 e. The van der Waals surface area contributed by atoms with Crippen LogP contribution in [0.2, 0.25) is 0 Å². The van der Waals surface area contributed by atoms with Crippen LogP contribution in [0.5, 0.6) is 5.75 Å². The van der Waals surface area contributed by atoms with Crippen molar-refractivity contribution in [2.45, 2.75) is 32.6 Å². The van der Waals surface area contributed by atoms with Gasteiger partial charge in [-0.2, -0.15) is 0 Å². The molecule has 0 saturated heterocycles. The van der Waals surface area contributed by atoms with Gasteiger partial charge in [-0.3, -0.25) is 0 Å². The van der Waals surface area contributed by atoms with Crippen LogP contribution in [0.15, 0.2) is 18.2 Å². The Balaban J connectivity index is 2.96. The second-order valence-corrected chi connectivity index (χ2v) is 4.59. The summed E-state index contributed by atoms with van der Waals surface area (Å²) < 4.78 is 5.24. The fourth-order valence-corrected chi connectivity index (χ4v) is 2.50. The lowest BCUT2D eigenvalue weighted by atomic mass is 9.92. The van der Waals surface area contributed by atoms with Crippen LogP contribution in [0.25, 0.3) is 0 Å². The first-order chi connectivity index (χ1) is 7.22. The highest BCUT2D eigenvalue weighted by molar-refractivity contribution is 9.09. The summed E-state index contributed by atoms with van der Waals surface area (Å²) >= 11 is 3.50. The van der Waals surface area contributed by atoms with Crippen LogP contribution >= 0.6 is 15.9 Å². The molecule has 0 aliphatic carbocycles. The number of benzene rings is 1. The molecule has 0 radical (unpaired) electrons. The molecule has 0 heterocycles. The van der Waals surface area contributed by atoms with E-state index in [4.69, 9.17) is 4.74 Å². The molecule has 0 fully saturated rings. The molecule has 2 heteroatoms. The summed E-state index contributed by atoms with van der Waals surface area (Å²) in [5.74, 6) is 1.58. The summed E-state index contributed by atoms with van der Waals surface area (Å²) in [6, 6.07) is 6.41. The highest BCUT2D eigenvalue weighted by Crippen LogP contribution is 2.27. The molecule has 0 saturated carbocycles. The maximum atomic E-state index is 5.24. The van der Waals surface area contributed by atoms with Crippen molar-refractivity contribution in [3.63, 3.8) is 0 Å². The molecule has 1 rings (SSSR count). The Morgan fingerprint density at radius 3 is 2.67 bits per heavy atom. The zero-order valence-electron chi connectivity index (χ0n) is 9.72. The molecule has 0 aliphatic heterocycles. The highest BCUT2D eigenvalue weighted by atomic mass is 79.9. The van der Waals surface area contributed by atoms with Crippen molar-refractivity contribution in [3.8, 4) is 5.75 Å². The highest BCUT2D eigenvalue weighted by Gasteiger charge is 2.09. The third-order valence-corrected chi connectivity index (χ3v) is 3.26. The maximum absolute atomic E-state index is 5.24. The number of rotatable bonds is 5. The van der Waals surface area contributed by atoms with Crippen LogP contribution in [0.3, 0.4) is 0 Å². The smallest absolute Gasteiger partial charge is 0.119 e. The molecule has 0 bridgehead atoms. The molecular weight excluding hydrogens is 252 g/mol. The standard InChI is InChI=1S/C13H19BrO/c1-4-11-9-12(15-3)5-6-13(11)10(2)7-8-14/h5-6,9-10H,4,7-8H2,1-3H3. The molecule has 1 aromatic carbocycles. The van der Waals surface area contributed by atoms with E-state index in [0.29, 0.717) is 5.92 Å². The van der Waals surface area contributed by atoms with Crippen LogP contribution in [0, 0.1) is 0 Å². The summed E-state index contributed by atoms with van der Waals surface area (Å²) in [5, 5.41) is 1.06. The molecule has 0 spiro atoms. The number of alkyl halides is 1. The van der Waals surface area contributed by atoms with Gasteiger partial charge in [0, 0.05) is 5.33 Å². The fourth-order valence-electron chi connectivity index (χ4n) is 1.82. The summed E-state index contributed by atoms with van der Waals surface area (Å²) in [7, 11) is 1.72. The van der Waals surface area contributed by atoms with Gasteiger partial charge in [0.05, 0.1) is 7.11 Å². The van der Waals surface area contributed by atoms with Gasteiger partial charge in [0.15, 0.2) is 0 Å². The van der Waals surface area contributed by atoms with Crippen molar-refractivity contribution in [1.82, 2.24) is 0 Å². The summed E-state index contributed by atoms with van der Waals surface area (Å²) in [5.41, 5.74) is 2.86. The lowest BCUT2D eigenvalue weighted by Crippen LogP contribution is -2.00. The lowest BCUT2D eigenvalue weighted by Gasteiger charge is -2.15. The first-order valence-electron chi connectivity index (χ1n) is 5.45. The summed E-state index contributed by atoms with van der Waals surface area (Å²) in [6.45, 7) is 4.47. The maximum Gasteiger partial charge on any atom is 0.119 e. The van der Waals surface area contributed by atoms with Gasteiger partial charge in [0.25, 0.3) is 0 Å². The van der Waals surface area contributed by atoms with Crippen LogP contribution < -0.4 is 4.74 Å². The first kappa shape index (κ1) is 12.6. The molecule has 0 amide bonds. The molecule has 84 valence electrons. The van der Waals surface area contributed by atoms with Crippen LogP contribution in [-0.2, 0) is 6.42 Å². The molecule has 0 N–H and O–H groups in total. The van der Waals surface area contributed by atoms with E-state index in [-0.39, 0.29) is 0 Å². The number of hydrogen-bond donors (Lipinski definition) is 0. The van der Waals surface area contributed by atoms with E-state index in [0.717, 1.165) is 17.5 Å². The Morgan fingerprint density at radius 2 is 2.13 bits per heavy atom. The fraction of sp³-hybridized carbons (Fsp3) is 0.538. The molecular formula is C13H19BrO. The Hall–Kier alpha value is -0.500. The molecule has 1 aromatic rings. The van der Waals surface area contributed by atoms with Gasteiger partial charge < -0.3 is 4.74 Å². The Bertz CT molecular complexity index is 309. The molecule has 1 unspecified atom stereocenters. The normalized spacial score (nSPS) is 12.5. The van der Waals surface area contributed by atoms with E-state index in [2.05, 4.69) is 48.0 Å². The average Bonchev–Trinajstić information content (AvgIpc) is 2.28. The minimum atomic E-state index is 0.616. The minimum absolute atomic E-state index is 0.616. The Morgan fingerprint density at radius 1 is 1.40 bits per heavy atom. The summed E-state index contributed by atoms with van der Waals surface area (Å²) in [6.07, 6.45) is 2.25. The van der Waals surface area contributed by atoms with Crippen molar-refractivity contribution in [2.75, 3.05) is 12.4 Å². The molecule has 15 heavy (non-hydrogen) atoms. The Labute approximate surface area is 101 Å². The third kappa shape index (κ3) is 3.23. The number of halogens is 1. The zero-order valence-corrected chi connectivity index (χ0v) is 11.3. The van der Waals surface area contributed by atoms with Gasteiger partial charge in [-0.05, 0) is 42.0 Å². The Kier molecular flexibility index (Phi) is 5.16. The second kappa shape index (κ2) is 6.16. The molecule has 1 nitrogen and oxygen atoms in total. The number of aryl methyl sites for hydroxylation is 1. The van der Waals surface area contributed by atoms with Gasteiger partial charge in [-0.25, -0.2) is 0 Å². The van der Waals surface area contributed by atoms with E-state index in [1.165, 1.54) is 17.5 Å². The second-order valence-electron chi connectivity index (χ2n) is 3.80. The topological polar surface area (TPSA) is 9.23 Å². The number of ether oxygens (including phenoxy) is 1. The van der Waals surface area contributed by atoms with Crippen molar-refractivity contribution < 1.29 is 4.74 Å². The predicted molar refractivity (Wildman–Crippen MR) is 69.2 cm³/mol. The van der Waals surface area contributed by atoms with Gasteiger partial charge >= 0.3 is 0 Å². The van der Waals surface area contributed by atoms with Crippen LogP contribution in [0.1, 0.15) is 37.3 Å². The van der Waals surface area contributed by atoms with Crippen LogP contribution in [-0.4, -0.2) is 12.4 Å². The average molecular weight is 271 g/mol. The largest absolute Gasteiger partial charge is 0.497 e. The van der Waals surface area contributed by atoms with Gasteiger partial charge in [-0.15, -0.1) is 0 Å². The lowest BCUT2D eigenvalue weighted by molar-refractivity contribution is 0.414. The summed E-state index contributed by atoms with van der Waals surface area (Å²) in [4.78, 5) is 0. The first-order valence-corrected chi connectivity index (χ1v) is 6.57. The van der Waals surface area contributed by atoms with Crippen molar-refractivity contribution in [2.24, 2.45) is 0 Å². The van der Waals surface area contributed by atoms with E-state index in [1.54, 1.807) is 7.11 Å². The van der Waals surface area contributed by atoms with E-state index in [9.17, 15) is 0 Å². The molecule has 0 aliphatic rings. The van der Waals surface area contributed by atoms with Crippen molar-refractivity contribution >= 4 is 15.9 Å². The third-order valence-electron chi connectivity index (χ3n) is 2.80. The zero-order chi connectivity index (χ0) is 11.3. The number of hydrogen-bond acceptors (Lipinski definition) is 1. The van der Waals surface area contributed by atoms with Gasteiger partial charge in [0.1, 0.15) is 5.75 Å². The van der Waals surface area contributed by atoms with E-state index >= 15 is 0 Å². The molecule has 0 aromatic heterocycles. The van der Waals surface area contributed by atoms with Crippen molar-refractivity contribution in [1.29, 1.82) is 0 Å². The van der Waals surface area contributed by atoms with Gasteiger partial charge in [0.2, 0.25) is 0 Å².